The molecule has 106 valence electrons. The van der Waals surface area contributed by atoms with Crippen LogP contribution < -0.4 is 10.5 Å². The van der Waals surface area contributed by atoms with Gasteiger partial charge in [0.15, 0.2) is 0 Å². The molecule has 0 bridgehead atoms. The second-order valence-corrected chi connectivity index (χ2v) is 4.33. The number of hydrogen-bond donors (Lipinski definition) is 1. The number of hydrogen-bond acceptors (Lipinski definition) is 3. The van der Waals surface area contributed by atoms with Gasteiger partial charge in [0.2, 0.25) is 0 Å². The Morgan fingerprint density at radius 3 is 2.15 bits per heavy atom. The van der Waals surface area contributed by atoms with Crippen LogP contribution >= 0.6 is 0 Å². The highest BCUT2D eigenvalue weighted by molar-refractivity contribution is 5.34. The number of alkyl halides is 3. The van der Waals surface area contributed by atoms with Gasteiger partial charge in [0.25, 0.3) is 0 Å². The topological polar surface area (TPSA) is 48.1 Å². The molecule has 0 saturated heterocycles. The molecule has 2 N–H and O–H groups in total. The fourth-order valence-electron chi connectivity index (χ4n) is 1.73. The van der Waals surface area contributed by atoms with Crippen molar-refractivity contribution in [2.75, 3.05) is 0 Å². The first kappa shape index (κ1) is 14.3. The first-order valence-electron chi connectivity index (χ1n) is 5.89. The van der Waals surface area contributed by atoms with Crippen LogP contribution in [0.5, 0.6) is 5.75 Å². The predicted molar refractivity (Wildman–Crippen MR) is 68.1 cm³/mol. The molecule has 0 radical (unpaired) electrons. The number of rotatable bonds is 3. The minimum Gasteiger partial charge on any atom is -0.406 e. The second kappa shape index (κ2) is 5.50. The van der Waals surface area contributed by atoms with Crippen molar-refractivity contribution in [2.45, 2.75) is 19.3 Å². The summed E-state index contributed by atoms with van der Waals surface area (Å²) >= 11 is 0. The molecule has 0 fully saturated rings. The lowest BCUT2D eigenvalue weighted by Gasteiger charge is -2.14. The van der Waals surface area contributed by atoms with Gasteiger partial charge in [-0.15, -0.1) is 13.2 Å². The molecule has 0 aliphatic rings. The highest BCUT2D eigenvalue weighted by atomic mass is 19.4. The molecule has 1 aromatic heterocycles. The van der Waals surface area contributed by atoms with Gasteiger partial charge in [-0.1, -0.05) is 18.2 Å². The van der Waals surface area contributed by atoms with Crippen molar-refractivity contribution in [1.82, 2.24) is 4.98 Å². The summed E-state index contributed by atoms with van der Waals surface area (Å²) in [5.41, 5.74) is 8.39. The zero-order valence-electron chi connectivity index (χ0n) is 10.7. The van der Waals surface area contributed by atoms with Gasteiger partial charge in [-0.05, 0) is 36.2 Å². The Labute approximate surface area is 114 Å². The smallest absolute Gasteiger partial charge is 0.406 e. The first-order valence-corrected chi connectivity index (χ1v) is 5.89. The van der Waals surface area contributed by atoms with Crippen molar-refractivity contribution < 1.29 is 17.9 Å². The first-order chi connectivity index (χ1) is 9.35. The fraction of sp³-hybridized carbons (Fsp3) is 0.214. The summed E-state index contributed by atoms with van der Waals surface area (Å²) in [6, 6.07) is 8.72. The van der Waals surface area contributed by atoms with Gasteiger partial charge >= 0.3 is 6.36 Å². The predicted octanol–water partition coefficient (Wildman–Crippen LogP) is 3.34. The molecule has 0 saturated carbocycles. The molecular formula is C14H13F3N2O. The van der Waals surface area contributed by atoms with E-state index in [1.165, 1.54) is 24.3 Å². The van der Waals surface area contributed by atoms with Crippen LogP contribution in [0, 0.1) is 6.92 Å². The van der Waals surface area contributed by atoms with Crippen molar-refractivity contribution in [3.63, 3.8) is 0 Å². The van der Waals surface area contributed by atoms with Crippen LogP contribution in [0.1, 0.15) is 22.9 Å². The van der Waals surface area contributed by atoms with Crippen molar-refractivity contribution in [2.24, 2.45) is 5.73 Å². The quantitative estimate of drug-likeness (QED) is 0.939. The van der Waals surface area contributed by atoms with Crippen molar-refractivity contribution in [3.05, 3.63) is 59.4 Å². The number of nitrogens with two attached hydrogens (primary N) is 1. The highest BCUT2D eigenvalue weighted by Gasteiger charge is 2.31. The molecule has 0 amide bonds. The summed E-state index contributed by atoms with van der Waals surface area (Å²) < 4.78 is 39.9. The van der Waals surface area contributed by atoms with E-state index < -0.39 is 12.4 Å². The van der Waals surface area contributed by atoms with Crippen LogP contribution in [0.4, 0.5) is 13.2 Å². The minimum absolute atomic E-state index is 0.268. The number of aromatic nitrogens is 1. The van der Waals surface area contributed by atoms with Gasteiger partial charge in [-0.3, -0.25) is 4.98 Å². The molecule has 0 aliphatic heterocycles. The second-order valence-electron chi connectivity index (χ2n) is 4.33. The van der Waals surface area contributed by atoms with E-state index in [1.54, 1.807) is 6.20 Å². The fourth-order valence-corrected chi connectivity index (χ4v) is 1.73. The minimum atomic E-state index is -4.69. The van der Waals surface area contributed by atoms with E-state index in [2.05, 4.69) is 9.72 Å². The monoisotopic (exact) mass is 282 g/mol. The van der Waals surface area contributed by atoms with Gasteiger partial charge in [-0.2, -0.15) is 0 Å². The molecule has 0 spiro atoms. The molecule has 6 heteroatoms. The van der Waals surface area contributed by atoms with Crippen LogP contribution in [0.25, 0.3) is 0 Å². The van der Waals surface area contributed by atoms with Gasteiger partial charge < -0.3 is 10.5 Å². The third-order valence-electron chi connectivity index (χ3n) is 2.77. The van der Waals surface area contributed by atoms with Gasteiger partial charge in [0, 0.05) is 11.9 Å². The van der Waals surface area contributed by atoms with Gasteiger partial charge in [0.1, 0.15) is 5.75 Å². The molecular weight excluding hydrogens is 269 g/mol. The normalized spacial score (nSPS) is 13.1. The van der Waals surface area contributed by atoms with Crippen LogP contribution in [-0.4, -0.2) is 11.3 Å². The Morgan fingerprint density at radius 1 is 1.05 bits per heavy atom. The molecule has 2 rings (SSSR count). The average molecular weight is 282 g/mol. The van der Waals surface area contributed by atoms with E-state index in [0.29, 0.717) is 5.56 Å². The van der Waals surface area contributed by atoms with E-state index in [1.807, 2.05) is 19.1 Å². The average Bonchev–Trinajstić information content (AvgIpc) is 2.38. The molecule has 1 unspecified atom stereocenters. The Balaban J connectivity index is 2.15. The molecule has 3 nitrogen and oxygen atoms in total. The number of halogens is 3. The van der Waals surface area contributed by atoms with E-state index >= 15 is 0 Å². The number of aryl methyl sites for hydroxylation is 1. The molecule has 20 heavy (non-hydrogen) atoms. The number of pyridine rings is 1. The molecule has 1 aromatic carbocycles. The van der Waals surface area contributed by atoms with E-state index in [-0.39, 0.29) is 5.75 Å². The Bertz CT molecular complexity index is 564. The summed E-state index contributed by atoms with van der Waals surface area (Å²) in [6.07, 6.45) is -3.04. The largest absolute Gasteiger partial charge is 0.573 e. The van der Waals surface area contributed by atoms with Crippen molar-refractivity contribution >= 4 is 0 Å². The van der Waals surface area contributed by atoms with Gasteiger partial charge in [0.05, 0.1) is 6.04 Å². The molecule has 2 aromatic rings. The zero-order chi connectivity index (χ0) is 14.8. The van der Waals surface area contributed by atoms with E-state index in [4.69, 9.17) is 5.73 Å². The maximum Gasteiger partial charge on any atom is 0.573 e. The maximum absolute atomic E-state index is 12.0. The summed E-state index contributed by atoms with van der Waals surface area (Å²) in [6.45, 7) is 1.86. The van der Waals surface area contributed by atoms with Crippen LogP contribution in [0.15, 0.2) is 42.6 Å². The maximum atomic E-state index is 12.0. The van der Waals surface area contributed by atoms with Crippen LogP contribution in [0.3, 0.4) is 0 Å². The van der Waals surface area contributed by atoms with Gasteiger partial charge in [-0.25, -0.2) is 0 Å². The van der Waals surface area contributed by atoms with Crippen LogP contribution in [0.2, 0.25) is 0 Å². The van der Waals surface area contributed by atoms with E-state index in [9.17, 15) is 13.2 Å². The molecule has 1 atom stereocenters. The van der Waals surface area contributed by atoms with Crippen molar-refractivity contribution in [1.29, 1.82) is 0 Å². The number of ether oxygens (including phenoxy) is 1. The third kappa shape index (κ3) is 3.71. The van der Waals surface area contributed by atoms with Crippen molar-refractivity contribution in [3.8, 4) is 5.75 Å². The Morgan fingerprint density at radius 2 is 1.65 bits per heavy atom. The standard InChI is InChI=1S/C14H13F3N2O/c1-9-2-3-11(8-19-9)13(18)10-4-6-12(7-5-10)20-14(15,16)17/h2-8,13H,18H2,1H3. The Hall–Kier alpha value is -2.08. The SMILES string of the molecule is Cc1ccc(C(N)c2ccc(OC(F)(F)F)cc2)cn1. The summed E-state index contributed by atoms with van der Waals surface area (Å²) in [4.78, 5) is 4.14. The lowest BCUT2D eigenvalue weighted by Crippen LogP contribution is -2.17. The Kier molecular flexibility index (Phi) is 3.94. The molecule has 0 aliphatic carbocycles. The lowest BCUT2D eigenvalue weighted by molar-refractivity contribution is -0.274. The molecule has 1 heterocycles. The number of benzene rings is 1. The lowest BCUT2D eigenvalue weighted by atomic mass is 10.0. The highest BCUT2D eigenvalue weighted by Crippen LogP contribution is 2.25. The summed E-state index contributed by atoms with van der Waals surface area (Å²) in [7, 11) is 0. The third-order valence-corrected chi connectivity index (χ3v) is 2.77. The zero-order valence-corrected chi connectivity index (χ0v) is 10.7. The summed E-state index contributed by atoms with van der Waals surface area (Å²) in [5.74, 6) is -0.268. The van der Waals surface area contributed by atoms with Crippen LogP contribution in [-0.2, 0) is 0 Å². The van der Waals surface area contributed by atoms with E-state index in [0.717, 1.165) is 11.3 Å². The number of nitrogens with zero attached hydrogens (tertiary/aromatic N) is 1. The summed E-state index contributed by atoms with van der Waals surface area (Å²) in [5, 5.41) is 0.